The molecule has 0 saturated carbocycles. The predicted octanol–water partition coefficient (Wildman–Crippen LogP) is 2.90. The number of hydrogen-bond acceptors (Lipinski definition) is 3. The van der Waals surface area contributed by atoms with Gasteiger partial charge in [-0.1, -0.05) is 29.8 Å². The van der Waals surface area contributed by atoms with E-state index in [1.165, 1.54) is 12.1 Å². The van der Waals surface area contributed by atoms with E-state index in [9.17, 15) is 8.42 Å². The van der Waals surface area contributed by atoms with Gasteiger partial charge in [-0.25, -0.2) is 8.42 Å². The summed E-state index contributed by atoms with van der Waals surface area (Å²) in [6.45, 7) is 0. The van der Waals surface area contributed by atoms with Gasteiger partial charge in [0.05, 0.1) is 10.6 Å². The Morgan fingerprint density at radius 2 is 1.78 bits per heavy atom. The van der Waals surface area contributed by atoms with Crippen molar-refractivity contribution in [3.63, 3.8) is 0 Å². The van der Waals surface area contributed by atoms with Gasteiger partial charge in [0.2, 0.25) is 0 Å². The summed E-state index contributed by atoms with van der Waals surface area (Å²) in [5, 5.41) is 0.406. The SMILES string of the molecule is Nc1cccc(CS(=O)(=O)c2cccc(Cl)c2)c1. The molecule has 0 fully saturated rings. The van der Waals surface area contributed by atoms with E-state index in [0.717, 1.165) is 0 Å². The lowest BCUT2D eigenvalue weighted by molar-refractivity contribution is 0.595. The van der Waals surface area contributed by atoms with Gasteiger partial charge in [0.25, 0.3) is 0 Å². The largest absolute Gasteiger partial charge is 0.399 e. The molecular weight excluding hydrogens is 270 g/mol. The quantitative estimate of drug-likeness (QED) is 0.880. The fourth-order valence-electron chi connectivity index (χ4n) is 1.65. The molecule has 2 aromatic carbocycles. The number of hydrogen-bond donors (Lipinski definition) is 1. The van der Waals surface area contributed by atoms with Crippen LogP contribution in [0.2, 0.25) is 5.02 Å². The maximum atomic E-state index is 12.2. The van der Waals surface area contributed by atoms with Gasteiger partial charge in [-0.3, -0.25) is 0 Å². The van der Waals surface area contributed by atoms with E-state index in [2.05, 4.69) is 0 Å². The predicted molar refractivity (Wildman–Crippen MR) is 73.2 cm³/mol. The second-order valence-electron chi connectivity index (χ2n) is 3.96. The van der Waals surface area contributed by atoms with E-state index in [1.807, 2.05) is 0 Å². The smallest absolute Gasteiger partial charge is 0.182 e. The standard InChI is InChI=1S/C13H12ClNO2S/c14-11-4-2-6-13(8-11)18(16,17)9-10-3-1-5-12(15)7-10/h1-8H,9,15H2. The molecule has 3 nitrogen and oxygen atoms in total. The summed E-state index contributed by atoms with van der Waals surface area (Å²) in [5.41, 5.74) is 6.84. The number of benzene rings is 2. The van der Waals surface area contributed by atoms with Gasteiger partial charge >= 0.3 is 0 Å². The van der Waals surface area contributed by atoms with Crippen LogP contribution >= 0.6 is 11.6 Å². The molecule has 94 valence electrons. The van der Waals surface area contributed by atoms with Crippen LogP contribution in [0.15, 0.2) is 53.4 Å². The molecule has 0 heterocycles. The van der Waals surface area contributed by atoms with E-state index >= 15 is 0 Å². The minimum atomic E-state index is -3.39. The summed E-state index contributed by atoms with van der Waals surface area (Å²) in [5.74, 6) is -0.0849. The summed E-state index contributed by atoms with van der Waals surface area (Å²) in [7, 11) is -3.39. The maximum Gasteiger partial charge on any atom is 0.182 e. The zero-order valence-electron chi connectivity index (χ0n) is 9.51. The van der Waals surface area contributed by atoms with E-state index in [-0.39, 0.29) is 10.6 Å². The molecule has 0 spiro atoms. The number of nitrogen functional groups attached to an aromatic ring is 1. The first-order valence-corrected chi connectivity index (χ1v) is 7.33. The Balaban J connectivity index is 2.33. The third-order valence-electron chi connectivity index (χ3n) is 2.46. The first-order valence-electron chi connectivity index (χ1n) is 5.30. The van der Waals surface area contributed by atoms with Crippen molar-refractivity contribution in [1.29, 1.82) is 0 Å². The Kier molecular flexibility index (Phi) is 3.59. The number of anilines is 1. The summed E-state index contributed by atoms with van der Waals surface area (Å²) in [4.78, 5) is 0.220. The van der Waals surface area contributed by atoms with Crippen LogP contribution in [-0.4, -0.2) is 8.42 Å². The maximum absolute atomic E-state index is 12.2. The Morgan fingerprint density at radius 3 is 2.44 bits per heavy atom. The number of halogens is 1. The van der Waals surface area contributed by atoms with Crippen molar-refractivity contribution < 1.29 is 8.42 Å². The molecule has 0 unspecified atom stereocenters. The number of sulfone groups is 1. The van der Waals surface area contributed by atoms with Gasteiger partial charge in [0.15, 0.2) is 9.84 Å². The third kappa shape index (κ3) is 3.03. The highest BCUT2D eigenvalue weighted by Gasteiger charge is 2.15. The van der Waals surface area contributed by atoms with Crippen molar-refractivity contribution in [1.82, 2.24) is 0 Å². The lowest BCUT2D eigenvalue weighted by Gasteiger charge is -2.05. The molecule has 0 aliphatic carbocycles. The minimum Gasteiger partial charge on any atom is -0.399 e. The molecule has 2 aromatic rings. The summed E-state index contributed by atoms with van der Waals surface area (Å²) >= 11 is 5.79. The minimum absolute atomic E-state index is 0.0849. The average molecular weight is 282 g/mol. The van der Waals surface area contributed by atoms with Crippen LogP contribution in [0.25, 0.3) is 0 Å². The monoisotopic (exact) mass is 281 g/mol. The second-order valence-corrected chi connectivity index (χ2v) is 6.39. The van der Waals surface area contributed by atoms with E-state index in [0.29, 0.717) is 16.3 Å². The first-order chi connectivity index (χ1) is 8.47. The average Bonchev–Trinajstić information content (AvgIpc) is 2.28. The first kappa shape index (κ1) is 12.9. The second kappa shape index (κ2) is 5.00. The van der Waals surface area contributed by atoms with E-state index in [4.69, 9.17) is 17.3 Å². The molecule has 2 N–H and O–H groups in total. The molecular formula is C13H12ClNO2S. The molecule has 0 saturated heterocycles. The molecule has 0 radical (unpaired) electrons. The van der Waals surface area contributed by atoms with Crippen LogP contribution < -0.4 is 5.73 Å². The number of rotatable bonds is 3. The van der Waals surface area contributed by atoms with Crippen molar-refractivity contribution in [2.24, 2.45) is 0 Å². The fourth-order valence-corrected chi connectivity index (χ4v) is 3.28. The Morgan fingerprint density at radius 1 is 1.06 bits per heavy atom. The Bertz CT molecular complexity index is 668. The van der Waals surface area contributed by atoms with Crippen molar-refractivity contribution in [2.45, 2.75) is 10.6 Å². The highest BCUT2D eigenvalue weighted by molar-refractivity contribution is 7.90. The van der Waals surface area contributed by atoms with Crippen LogP contribution in [0, 0.1) is 0 Å². The Labute approximate surface area is 111 Å². The summed E-state index contributed by atoms with van der Waals surface area (Å²) < 4.78 is 24.3. The highest BCUT2D eigenvalue weighted by Crippen LogP contribution is 2.20. The van der Waals surface area contributed by atoms with Gasteiger partial charge in [-0.2, -0.15) is 0 Å². The lowest BCUT2D eigenvalue weighted by Crippen LogP contribution is -2.05. The molecule has 18 heavy (non-hydrogen) atoms. The van der Waals surface area contributed by atoms with E-state index < -0.39 is 9.84 Å². The molecule has 0 aliphatic heterocycles. The van der Waals surface area contributed by atoms with Crippen LogP contribution in [0.1, 0.15) is 5.56 Å². The molecule has 0 bridgehead atoms. The fraction of sp³-hybridized carbons (Fsp3) is 0.0769. The topological polar surface area (TPSA) is 60.2 Å². The molecule has 2 rings (SSSR count). The van der Waals surface area contributed by atoms with Crippen molar-refractivity contribution in [3.8, 4) is 0 Å². The molecule has 5 heteroatoms. The zero-order valence-corrected chi connectivity index (χ0v) is 11.1. The van der Waals surface area contributed by atoms with Gasteiger partial charge in [0, 0.05) is 10.7 Å². The van der Waals surface area contributed by atoms with Crippen molar-refractivity contribution >= 4 is 27.1 Å². The highest BCUT2D eigenvalue weighted by atomic mass is 35.5. The van der Waals surface area contributed by atoms with Crippen LogP contribution in [0.4, 0.5) is 5.69 Å². The zero-order chi connectivity index (χ0) is 13.2. The van der Waals surface area contributed by atoms with Crippen LogP contribution in [0.5, 0.6) is 0 Å². The van der Waals surface area contributed by atoms with Crippen LogP contribution in [-0.2, 0) is 15.6 Å². The van der Waals surface area contributed by atoms with Gasteiger partial charge in [0.1, 0.15) is 0 Å². The molecule has 0 aliphatic rings. The van der Waals surface area contributed by atoms with Gasteiger partial charge in [-0.15, -0.1) is 0 Å². The third-order valence-corrected chi connectivity index (χ3v) is 4.38. The van der Waals surface area contributed by atoms with Crippen LogP contribution in [0.3, 0.4) is 0 Å². The Hall–Kier alpha value is -1.52. The molecule has 0 aromatic heterocycles. The lowest BCUT2D eigenvalue weighted by atomic mass is 10.2. The normalized spacial score (nSPS) is 11.4. The van der Waals surface area contributed by atoms with Crippen molar-refractivity contribution in [3.05, 3.63) is 59.1 Å². The van der Waals surface area contributed by atoms with E-state index in [1.54, 1.807) is 36.4 Å². The van der Waals surface area contributed by atoms with Gasteiger partial charge < -0.3 is 5.73 Å². The summed E-state index contributed by atoms with van der Waals surface area (Å²) in [6, 6.07) is 13.1. The number of nitrogens with two attached hydrogens (primary N) is 1. The molecule has 0 atom stereocenters. The summed E-state index contributed by atoms with van der Waals surface area (Å²) in [6.07, 6.45) is 0. The van der Waals surface area contributed by atoms with Crippen molar-refractivity contribution in [2.75, 3.05) is 5.73 Å². The molecule has 0 amide bonds. The van der Waals surface area contributed by atoms with Gasteiger partial charge in [-0.05, 0) is 35.9 Å².